The SMILES string of the molecule is CN1CCN(C(=O)C(N)=NC=N)CC1(C)C. The molecule has 0 spiro atoms. The molecule has 0 aromatic heterocycles. The number of likely N-dealkylation sites (N-methyl/N-ethyl adjacent to an activating group) is 1. The van der Waals surface area contributed by atoms with E-state index in [1.54, 1.807) is 4.90 Å². The van der Waals surface area contributed by atoms with Crippen LogP contribution in [0.3, 0.4) is 0 Å². The fourth-order valence-corrected chi connectivity index (χ4v) is 1.70. The van der Waals surface area contributed by atoms with Crippen molar-refractivity contribution < 1.29 is 4.79 Å². The highest BCUT2D eigenvalue weighted by molar-refractivity contribution is 6.38. The van der Waals surface area contributed by atoms with Crippen LogP contribution in [0.2, 0.25) is 0 Å². The van der Waals surface area contributed by atoms with Gasteiger partial charge in [-0.1, -0.05) is 0 Å². The van der Waals surface area contributed by atoms with Crippen LogP contribution in [-0.4, -0.2) is 60.1 Å². The third kappa shape index (κ3) is 2.57. The smallest absolute Gasteiger partial charge is 0.289 e. The summed E-state index contributed by atoms with van der Waals surface area (Å²) in [7, 11) is 2.04. The Bertz CT molecular complexity index is 323. The molecule has 0 atom stereocenters. The maximum absolute atomic E-state index is 11.8. The van der Waals surface area contributed by atoms with Crippen molar-refractivity contribution in [2.75, 3.05) is 26.7 Å². The summed E-state index contributed by atoms with van der Waals surface area (Å²) in [6.07, 6.45) is 0.786. The van der Waals surface area contributed by atoms with Crippen molar-refractivity contribution in [3.63, 3.8) is 0 Å². The summed E-state index contributed by atoms with van der Waals surface area (Å²) >= 11 is 0. The normalized spacial score (nSPS) is 21.9. The van der Waals surface area contributed by atoms with Crippen LogP contribution in [0.1, 0.15) is 13.8 Å². The molecule has 90 valence electrons. The van der Waals surface area contributed by atoms with Gasteiger partial charge >= 0.3 is 0 Å². The number of amides is 1. The second-order valence-corrected chi connectivity index (χ2v) is 4.60. The second-order valence-electron chi connectivity index (χ2n) is 4.60. The number of carbonyl (C=O) groups is 1. The van der Waals surface area contributed by atoms with Gasteiger partial charge in [-0.3, -0.25) is 15.1 Å². The molecule has 1 heterocycles. The second kappa shape index (κ2) is 4.61. The number of rotatable bonds is 1. The molecule has 0 aromatic rings. The molecule has 0 bridgehead atoms. The van der Waals surface area contributed by atoms with E-state index in [-0.39, 0.29) is 17.3 Å². The largest absolute Gasteiger partial charge is 0.379 e. The molecule has 0 aromatic carbocycles. The molecule has 3 N–H and O–H groups in total. The van der Waals surface area contributed by atoms with E-state index in [2.05, 4.69) is 23.7 Å². The number of aliphatic imine (C=N–C) groups is 1. The number of nitrogens with two attached hydrogens (primary N) is 1. The minimum absolute atomic E-state index is 0.0567. The Morgan fingerprint density at radius 1 is 1.50 bits per heavy atom. The molecule has 1 rings (SSSR count). The van der Waals surface area contributed by atoms with E-state index in [1.165, 1.54) is 0 Å². The lowest BCUT2D eigenvalue weighted by Gasteiger charge is -2.45. The molecule has 1 saturated heterocycles. The minimum Gasteiger partial charge on any atom is -0.379 e. The topological polar surface area (TPSA) is 85.8 Å². The third-order valence-corrected chi connectivity index (χ3v) is 3.03. The Morgan fingerprint density at radius 2 is 2.12 bits per heavy atom. The average molecular weight is 225 g/mol. The summed E-state index contributed by atoms with van der Waals surface area (Å²) in [5.41, 5.74) is 5.42. The number of hydrogen-bond acceptors (Lipinski definition) is 3. The van der Waals surface area contributed by atoms with E-state index in [1.807, 2.05) is 7.05 Å². The number of amidine groups is 1. The molecule has 6 nitrogen and oxygen atoms in total. The predicted molar refractivity (Wildman–Crippen MR) is 63.7 cm³/mol. The van der Waals surface area contributed by atoms with Crippen molar-refractivity contribution in [2.45, 2.75) is 19.4 Å². The predicted octanol–water partition coefficient (Wildman–Crippen LogP) is -0.497. The zero-order chi connectivity index (χ0) is 12.3. The van der Waals surface area contributed by atoms with Gasteiger partial charge in [-0.2, -0.15) is 0 Å². The lowest BCUT2D eigenvalue weighted by atomic mass is 10.00. The maximum atomic E-state index is 11.8. The van der Waals surface area contributed by atoms with Gasteiger partial charge in [0.15, 0.2) is 5.84 Å². The third-order valence-electron chi connectivity index (χ3n) is 3.03. The molecule has 0 saturated carbocycles. The van der Waals surface area contributed by atoms with Crippen LogP contribution in [0, 0.1) is 5.41 Å². The van der Waals surface area contributed by atoms with Crippen LogP contribution < -0.4 is 5.73 Å². The summed E-state index contributed by atoms with van der Waals surface area (Å²) < 4.78 is 0. The molecule has 16 heavy (non-hydrogen) atoms. The van der Waals surface area contributed by atoms with Crippen molar-refractivity contribution in [1.82, 2.24) is 9.80 Å². The van der Waals surface area contributed by atoms with E-state index in [0.717, 1.165) is 12.9 Å². The quantitative estimate of drug-likeness (QED) is 0.466. The fourth-order valence-electron chi connectivity index (χ4n) is 1.70. The van der Waals surface area contributed by atoms with Crippen LogP contribution in [0.25, 0.3) is 0 Å². The summed E-state index contributed by atoms with van der Waals surface area (Å²) in [4.78, 5) is 19.2. The van der Waals surface area contributed by atoms with Gasteiger partial charge in [0.25, 0.3) is 5.91 Å². The van der Waals surface area contributed by atoms with Crippen LogP contribution >= 0.6 is 0 Å². The molecular formula is C10H19N5O. The van der Waals surface area contributed by atoms with Crippen LogP contribution in [-0.2, 0) is 4.79 Å². The van der Waals surface area contributed by atoms with Crippen molar-refractivity contribution in [2.24, 2.45) is 10.7 Å². The van der Waals surface area contributed by atoms with E-state index in [9.17, 15) is 4.79 Å². The van der Waals surface area contributed by atoms with Gasteiger partial charge in [0.05, 0.1) is 0 Å². The highest BCUT2D eigenvalue weighted by Crippen LogP contribution is 2.18. The Hall–Kier alpha value is -1.43. The summed E-state index contributed by atoms with van der Waals surface area (Å²) in [6.45, 7) is 6.24. The first-order valence-corrected chi connectivity index (χ1v) is 5.21. The van der Waals surface area contributed by atoms with Gasteiger partial charge in [0, 0.05) is 25.2 Å². The van der Waals surface area contributed by atoms with Gasteiger partial charge < -0.3 is 10.6 Å². The van der Waals surface area contributed by atoms with Crippen LogP contribution in [0.4, 0.5) is 0 Å². The lowest BCUT2D eigenvalue weighted by molar-refractivity contribution is -0.128. The zero-order valence-electron chi connectivity index (χ0n) is 10.0. The molecule has 1 aliphatic rings. The van der Waals surface area contributed by atoms with Gasteiger partial charge in [-0.25, -0.2) is 4.99 Å². The molecule has 1 fully saturated rings. The van der Waals surface area contributed by atoms with E-state index >= 15 is 0 Å². The minimum atomic E-state index is -0.287. The number of nitrogens with zero attached hydrogens (tertiary/aromatic N) is 3. The molecule has 6 heteroatoms. The summed E-state index contributed by atoms with van der Waals surface area (Å²) in [5, 5.41) is 6.78. The summed E-state index contributed by atoms with van der Waals surface area (Å²) in [6, 6.07) is 0. The average Bonchev–Trinajstić information content (AvgIpc) is 2.21. The first kappa shape index (κ1) is 12.6. The number of hydrogen-bond donors (Lipinski definition) is 2. The van der Waals surface area contributed by atoms with Crippen LogP contribution in [0.5, 0.6) is 0 Å². The van der Waals surface area contributed by atoms with Crippen molar-refractivity contribution in [3.05, 3.63) is 0 Å². The maximum Gasteiger partial charge on any atom is 0.289 e. The number of piperazine rings is 1. The Labute approximate surface area is 95.6 Å². The van der Waals surface area contributed by atoms with E-state index in [0.29, 0.717) is 13.1 Å². The first-order chi connectivity index (χ1) is 7.38. The standard InChI is InChI=1S/C10H19N5O/c1-10(2)6-15(5-4-14(10)3)9(16)8(12)13-7-11/h7H,4-6H2,1-3H3,(H3,11,12,13). The molecule has 1 aliphatic heterocycles. The van der Waals surface area contributed by atoms with Crippen LogP contribution in [0.15, 0.2) is 4.99 Å². The van der Waals surface area contributed by atoms with Crippen molar-refractivity contribution in [1.29, 1.82) is 5.41 Å². The molecular weight excluding hydrogens is 206 g/mol. The highest BCUT2D eigenvalue weighted by atomic mass is 16.2. The Kier molecular flexibility index (Phi) is 3.64. The molecule has 0 radical (unpaired) electrons. The number of carbonyl (C=O) groups excluding carboxylic acids is 1. The van der Waals surface area contributed by atoms with Gasteiger partial charge in [-0.15, -0.1) is 0 Å². The number of nitrogens with one attached hydrogen (secondary N) is 1. The van der Waals surface area contributed by atoms with Gasteiger partial charge in [0.1, 0.15) is 6.34 Å². The fraction of sp³-hybridized carbons (Fsp3) is 0.700. The molecule has 0 unspecified atom stereocenters. The summed E-state index contributed by atoms with van der Waals surface area (Å²) in [5.74, 6) is -0.403. The van der Waals surface area contributed by atoms with Crippen molar-refractivity contribution >= 4 is 18.1 Å². The van der Waals surface area contributed by atoms with Gasteiger partial charge in [0.2, 0.25) is 0 Å². The highest BCUT2D eigenvalue weighted by Gasteiger charge is 2.33. The Morgan fingerprint density at radius 3 is 2.62 bits per heavy atom. The monoisotopic (exact) mass is 225 g/mol. The Balaban J connectivity index is 2.73. The zero-order valence-corrected chi connectivity index (χ0v) is 10.0. The lowest BCUT2D eigenvalue weighted by Crippen LogP contribution is -2.60. The van der Waals surface area contributed by atoms with E-state index < -0.39 is 0 Å². The molecule has 0 aliphatic carbocycles. The van der Waals surface area contributed by atoms with E-state index in [4.69, 9.17) is 11.1 Å². The van der Waals surface area contributed by atoms with Gasteiger partial charge in [-0.05, 0) is 20.9 Å². The molecule has 1 amide bonds. The first-order valence-electron chi connectivity index (χ1n) is 5.21. The van der Waals surface area contributed by atoms with Crippen molar-refractivity contribution in [3.8, 4) is 0 Å².